The molecule has 0 bridgehead atoms. The lowest BCUT2D eigenvalue weighted by atomic mass is 10.3. The number of hydrogen-bond acceptors (Lipinski definition) is 5. The van der Waals surface area contributed by atoms with Gasteiger partial charge in [-0.05, 0) is 31.3 Å². The first-order valence-corrected chi connectivity index (χ1v) is 7.62. The zero-order valence-corrected chi connectivity index (χ0v) is 13.2. The molecule has 0 saturated carbocycles. The number of hydrogen-bond donors (Lipinski definition) is 1. The molecule has 0 aliphatic heterocycles. The molecule has 0 amide bonds. The van der Waals surface area contributed by atoms with Crippen molar-refractivity contribution in [1.29, 1.82) is 0 Å². The first-order valence-electron chi connectivity index (χ1n) is 7.24. The Labute approximate surface area is 130 Å². The van der Waals surface area contributed by atoms with Gasteiger partial charge in [0.05, 0.1) is 6.54 Å². The summed E-state index contributed by atoms with van der Waals surface area (Å²) >= 11 is 5.93. The second kappa shape index (κ2) is 8.00. The van der Waals surface area contributed by atoms with Gasteiger partial charge >= 0.3 is 0 Å². The number of benzene rings is 1. The van der Waals surface area contributed by atoms with Gasteiger partial charge in [0, 0.05) is 23.7 Å². The standard InChI is InChI=1S/C15H21ClN4O/c1-3-20(4-2)9-8-14-18-15(21-19-14)11-17-13-7-5-6-12(16)10-13/h5-7,10,17H,3-4,8-9,11H2,1-2H3. The van der Waals surface area contributed by atoms with Crippen LogP contribution in [0.1, 0.15) is 25.6 Å². The van der Waals surface area contributed by atoms with Crippen LogP contribution in [0.15, 0.2) is 28.8 Å². The summed E-state index contributed by atoms with van der Waals surface area (Å²) in [6.45, 7) is 7.83. The van der Waals surface area contributed by atoms with E-state index in [1.807, 2.05) is 24.3 Å². The zero-order chi connectivity index (χ0) is 15.1. The molecule has 0 radical (unpaired) electrons. The molecule has 0 saturated heterocycles. The molecule has 0 aliphatic carbocycles. The third-order valence-electron chi connectivity index (χ3n) is 3.32. The Morgan fingerprint density at radius 3 is 2.81 bits per heavy atom. The summed E-state index contributed by atoms with van der Waals surface area (Å²) < 4.78 is 5.24. The molecule has 2 rings (SSSR count). The fraction of sp³-hybridized carbons (Fsp3) is 0.467. The van der Waals surface area contributed by atoms with E-state index in [1.165, 1.54) is 0 Å². The van der Waals surface area contributed by atoms with E-state index in [0.29, 0.717) is 17.5 Å². The van der Waals surface area contributed by atoms with Gasteiger partial charge in [-0.2, -0.15) is 4.98 Å². The Balaban J connectivity index is 1.83. The van der Waals surface area contributed by atoms with Crippen LogP contribution in [-0.2, 0) is 13.0 Å². The summed E-state index contributed by atoms with van der Waals surface area (Å²) in [5.41, 5.74) is 0.936. The van der Waals surface area contributed by atoms with Crippen molar-refractivity contribution in [1.82, 2.24) is 15.0 Å². The minimum atomic E-state index is 0.499. The van der Waals surface area contributed by atoms with Gasteiger partial charge in [0.2, 0.25) is 5.89 Å². The molecule has 21 heavy (non-hydrogen) atoms. The molecule has 1 aromatic carbocycles. The molecule has 0 fully saturated rings. The van der Waals surface area contributed by atoms with Crippen LogP contribution >= 0.6 is 11.6 Å². The maximum Gasteiger partial charge on any atom is 0.245 e. The molecule has 0 unspecified atom stereocenters. The van der Waals surface area contributed by atoms with E-state index in [0.717, 1.165) is 37.6 Å². The maximum atomic E-state index is 5.93. The molecular formula is C15H21ClN4O. The number of nitrogens with zero attached hydrogens (tertiary/aromatic N) is 3. The molecule has 0 atom stereocenters. The number of halogens is 1. The van der Waals surface area contributed by atoms with Crippen molar-refractivity contribution in [2.75, 3.05) is 25.0 Å². The van der Waals surface area contributed by atoms with Gasteiger partial charge in [-0.25, -0.2) is 0 Å². The van der Waals surface area contributed by atoms with Gasteiger partial charge in [0.25, 0.3) is 0 Å². The fourth-order valence-electron chi connectivity index (χ4n) is 2.04. The van der Waals surface area contributed by atoms with Crippen LogP contribution in [0.4, 0.5) is 5.69 Å². The van der Waals surface area contributed by atoms with E-state index in [9.17, 15) is 0 Å². The van der Waals surface area contributed by atoms with Crippen molar-refractivity contribution < 1.29 is 4.52 Å². The van der Waals surface area contributed by atoms with Crippen molar-refractivity contribution in [2.24, 2.45) is 0 Å². The van der Waals surface area contributed by atoms with Crippen LogP contribution in [0.2, 0.25) is 5.02 Å². The summed E-state index contributed by atoms with van der Waals surface area (Å²) in [4.78, 5) is 6.72. The van der Waals surface area contributed by atoms with Gasteiger partial charge in [-0.3, -0.25) is 0 Å². The Morgan fingerprint density at radius 2 is 2.10 bits per heavy atom. The van der Waals surface area contributed by atoms with Crippen LogP contribution in [0.5, 0.6) is 0 Å². The largest absolute Gasteiger partial charge is 0.376 e. The third kappa shape index (κ3) is 5.02. The summed E-state index contributed by atoms with van der Waals surface area (Å²) in [5.74, 6) is 1.34. The van der Waals surface area contributed by atoms with Crippen LogP contribution in [0, 0.1) is 0 Å². The van der Waals surface area contributed by atoms with Gasteiger partial charge in [0.15, 0.2) is 5.82 Å². The normalized spacial score (nSPS) is 11.0. The van der Waals surface area contributed by atoms with E-state index in [-0.39, 0.29) is 0 Å². The topological polar surface area (TPSA) is 54.2 Å². The highest BCUT2D eigenvalue weighted by Gasteiger charge is 2.08. The van der Waals surface area contributed by atoms with Gasteiger partial charge in [-0.1, -0.05) is 36.7 Å². The lowest BCUT2D eigenvalue weighted by Crippen LogP contribution is -2.25. The van der Waals surface area contributed by atoms with Crippen LogP contribution in [0.25, 0.3) is 0 Å². The smallest absolute Gasteiger partial charge is 0.245 e. The fourth-order valence-corrected chi connectivity index (χ4v) is 2.23. The summed E-state index contributed by atoms with van der Waals surface area (Å²) in [7, 11) is 0. The Kier molecular flexibility index (Phi) is 6.02. The second-order valence-corrected chi connectivity index (χ2v) is 5.18. The summed E-state index contributed by atoms with van der Waals surface area (Å²) in [6, 6.07) is 7.54. The number of anilines is 1. The highest BCUT2D eigenvalue weighted by atomic mass is 35.5. The molecule has 1 N–H and O–H groups in total. The average molecular weight is 309 g/mol. The van der Waals surface area contributed by atoms with Crippen molar-refractivity contribution >= 4 is 17.3 Å². The van der Waals surface area contributed by atoms with Gasteiger partial charge < -0.3 is 14.7 Å². The predicted octanol–water partition coefficient (Wildman–Crippen LogP) is 3.22. The third-order valence-corrected chi connectivity index (χ3v) is 3.56. The monoisotopic (exact) mass is 308 g/mol. The molecule has 5 nitrogen and oxygen atoms in total. The Bertz CT molecular complexity index is 554. The highest BCUT2D eigenvalue weighted by molar-refractivity contribution is 6.30. The first kappa shape index (κ1) is 15.8. The van der Waals surface area contributed by atoms with Crippen molar-refractivity contribution in [3.63, 3.8) is 0 Å². The molecule has 0 spiro atoms. The molecule has 2 aromatic rings. The predicted molar refractivity (Wildman–Crippen MR) is 84.6 cm³/mol. The molecular weight excluding hydrogens is 288 g/mol. The Morgan fingerprint density at radius 1 is 1.29 bits per heavy atom. The summed E-state index contributed by atoms with van der Waals surface area (Å²) in [6.07, 6.45) is 0.808. The van der Waals surface area contributed by atoms with Crippen molar-refractivity contribution in [3.05, 3.63) is 41.0 Å². The van der Waals surface area contributed by atoms with E-state index in [2.05, 4.69) is 34.2 Å². The number of aromatic nitrogens is 2. The number of nitrogens with one attached hydrogen (secondary N) is 1. The molecule has 6 heteroatoms. The number of rotatable bonds is 8. The quantitative estimate of drug-likeness (QED) is 0.811. The summed E-state index contributed by atoms with van der Waals surface area (Å²) in [5, 5.41) is 7.92. The zero-order valence-electron chi connectivity index (χ0n) is 12.5. The first-order chi connectivity index (χ1) is 10.2. The lowest BCUT2D eigenvalue weighted by molar-refractivity contribution is 0.302. The molecule has 1 aromatic heterocycles. The molecule has 114 valence electrons. The van der Waals surface area contributed by atoms with E-state index in [1.54, 1.807) is 0 Å². The van der Waals surface area contributed by atoms with Crippen LogP contribution in [0.3, 0.4) is 0 Å². The van der Waals surface area contributed by atoms with Crippen molar-refractivity contribution in [3.8, 4) is 0 Å². The lowest BCUT2D eigenvalue weighted by Gasteiger charge is -2.16. The van der Waals surface area contributed by atoms with E-state index in [4.69, 9.17) is 16.1 Å². The Hall–Kier alpha value is -1.59. The highest BCUT2D eigenvalue weighted by Crippen LogP contribution is 2.15. The van der Waals surface area contributed by atoms with Gasteiger partial charge in [0.1, 0.15) is 0 Å². The van der Waals surface area contributed by atoms with Gasteiger partial charge in [-0.15, -0.1) is 0 Å². The molecule has 1 heterocycles. The number of likely N-dealkylation sites (N-methyl/N-ethyl adjacent to an activating group) is 1. The van der Waals surface area contributed by atoms with Crippen LogP contribution in [-0.4, -0.2) is 34.7 Å². The molecule has 0 aliphatic rings. The van der Waals surface area contributed by atoms with Crippen LogP contribution < -0.4 is 5.32 Å². The maximum absolute atomic E-state index is 5.93. The minimum Gasteiger partial charge on any atom is -0.376 e. The average Bonchev–Trinajstić information content (AvgIpc) is 2.94. The minimum absolute atomic E-state index is 0.499. The van der Waals surface area contributed by atoms with E-state index >= 15 is 0 Å². The van der Waals surface area contributed by atoms with E-state index < -0.39 is 0 Å². The SMILES string of the molecule is CCN(CC)CCc1noc(CNc2cccc(Cl)c2)n1. The second-order valence-electron chi connectivity index (χ2n) is 4.75. The van der Waals surface area contributed by atoms with Crippen molar-refractivity contribution in [2.45, 2.75) is 26.8 Å².